The van der Waals surface area contributed by atoms with Crippen LogP contribution in [0.3, 0.4) is 0 Å². The molecule has 2 aromatic rings. The van der Waals surface area contributed by atoms with Crippen molar-refractivity contribution in [3.05, 3.63) is 54.6 Å². The molecule has 30 heavy (non-hydrogen) atoms. The quantitative estimate of drug-likeness (QED) is 0.721. The standard InChI is InChI=1S/C22H25FN4O3/c23-18-13-26(14-20(18)28)16-8-10-17(11-9-16)27-12-4-7-19(21(27)29)25-22(30)24-15-5-2-1-3-6-15/h1-3,5-6,8-11,18-20,28H,4,7,12-14H2,(H2,24,25,30)/t18?,19-,20?/m1/s1. The summed E-state index contributed by atoms with van der Waals surface area (Å²) in [6, 6.07) is 15.3. The molecule has 7 nitrogen and oxygen atoms in total. The highest BCUT2D eigenvalue weighted by Gasteiger charge is 2.33. The predicted octanol–water partition coefficient (Wildman–Crippen LogP) is 2.52. The van der Waals surface area contributed by atoms with Crippen molar-refractivity contribution in [2.24, 2.45) is 0 Å². The first-order chi connectivity index (χ1) is 14.5. The number of carbonyl (C=O) groups excluding carboxylic acids is 2. The van der Waals surface area contributed by atoms with Crippen LogP contribution >= 0.6 is 0 Å². The molecule has 0 aliphatic carbocycles. The number of alkyl halides is 1. The fourth-order valence-corrected chi connectivity index (χ4v) is 3.91. The number of halogens is 1. The van der Waals surface area contributed by atoms with Crippen LogP contribution in [0, 0.1) is 0 Å². The van der Waals surface area contributed by atoms with E-state index in [1.807, 2.05) is 42.5 Å². The molecule has 0 aromatic heterocycles. The van der Waals surface area contributed by atoms with Gasteiger partial charge in [-0.05, 0) is 49.2 Å². The summed E-state index contributed by atoms with van der Waals surface area (Å²) < 4.78 is 13.6. The van der Waals surface area contributed by atoms with Crippen LogP contribution in [-0.4, -0.2) is 55.0 Å². The number of urea groups is 1. The number of aliphatic hydroxyl groups is 1. The minimum atomic E-state index is -1.25. The Bertz CT molecular complexity index is 883. The van der Waals surface area contributed by atoms with Gasteiger partial charge in [0.2, 0.25) is 5.91 Å². The van der Waals surface area contributed by atoms with Crippen LogP contribution in [0.4, 0.5) is 26.2 Å². The molecule has 4 rings (SSSR count). The number of amides is 3. The number of benzene rings is 2. The number of nitrogens with one attached hydrogen (secondary N) is 2. The number of anilines is 3. The Kier molecular flexibility index (Phi) is 5.85. The third-order valence-electron chi connectivity index (χ3n) is 5.52. The topological polar surface area (TPSA) is 84.9 Å². The van der Waals surface area contributed by atoms with E-state index in [-0.39, 0.29) is 19.0 Å². The summed E-state index contributed by atoms with van der Waals surface area (Å²) in [5.74, 6) is -0.155. The van der Waals surface area contributed by atoms with Gasteiger partial charge in [0.1, 0.15) is 18.3 Å². The number of para-hydroxylation sites is 1. The Morgan fingerprint density at radius 1 is 1.03 bits per heavy atom. The largest absolute Gasteiger partial charge is 0.388 e. The molecule has 2 aliphatic heterocycles. The van der Waals surface area contributed by atoms with Gasteiger partial charge in [0.05, 0.1) is 6.54 Å². The number of rotatable bonds is 4. The van der Waals surface area contributed by atoms with Gasteiger partial charge in [-0.1, -0.05) is 18.2 Å². The van der Waals surface area contributed by atoms with Crippen molar-refractivity contribution in [1.82, 2.24) is 5.32 Å². The van der Waals surface area contributed by atoms with E-state index in [4.69, 9.17) is 0 Å². The van der Waals surface area contributed by atoms with Crippen molar-refractivity contribution in [3.63, 3.8) is 0 Å². The van der Waals surface area contributed by atoms with Crippen molar-refractivity contribution < 1.29 is 19.1 Å². The van der Waals surface area contributed by atoms with Gasteiger partial charge in [-0.2, -0.15) is 0 Å². The first-order valence-electron chi connectivity index (χ1n) is 10.1. The third kappa shape index (κ3) is 4.38. The second kappa shape index (κ2) is 8.71. The Hall–Kier alpha value is -3.13. The van der Waals surface area contributed by atoms with Gasteiger partial charge in [0.15, 0.2) is 0 Å². The fraction of sp³-hybridized carbons (Fsp3) is 0.364. The summed E-state index contributed by atoms with van der Waals surface area (Å²) in [6.07, 6.45) is -0.866. The second-order valence-electron chi connectivity index (χ2n) is 7.65. The van der Waals surface area contributed by atoms with Gasteiger partial charge in [-0.15, -0.1) is 0 Å². The number of aliphatic hydroxyl groups excluding tert-OH is 1. The molecule has 3 atom stereocenters. The Morgan fingerprint density at radius 3 is 2.40 bits per heavy atom. The molecule has 158 valence electrons. The lowest BCUT2D eigenvalue weighted by Crippen LogP contribution is -2.53. The van der Waals surface area contributed by atoms with E-state index < -0.39 is 24.3 Å². The van der Waals surface area contributed by atoms with E-state index in [2.05, 4.69) is 10.6 Å². The van der Waals surface area contributed by atoms with Crippen LogP contribution in [0.1, 0.15) is 12.8 Å². The normalized spacial score (nSPS) is 24.1. The molecule has 2 fully saturated rings. The van der Waals surface area contributed by atoms with Crippen LogP contribution < -0.4 is 20.4 Å². The van der Waals surface area contributed by atoms with E-state index in [9.17, 15) is 19.1 Å². The van der Waals surface area contributed by atoms with E-state index in [0.717, 1.165) is 17.8 Å². The maximum Gasteiger partial charge on any atom is 0.319 e. The van der Waals surface area contributed by atoms with Crippen molar-refractivity contribution in [3.8, 4) is 0 Å². The number of piperidine rings is 1. The SMILES string of the molecule is O=C(Nc1ccccc1)N[C@@H]1CCCN(c2ccc(N3CC(O)C(F)C3)cc2)C1=O. The number of β-amino-alcohol motifs (C(OH)–C–C–N with tert-alkyl or cyclic N) is 1. The summed E-state index contributed by atoms with van der Waals surface area (Å²) in [4.78, 5) is 28.6. The first-order valence-corrected chi connectivity index (χ1v) is 10.1. The molecule has 3 amide bonds. The average Bonchev–Trinajstić information content (AvgIpc) is 3.09. The lowest BCUT2D eigenvalue weighted by atomic mass is 10.0. The van der Waals surface area contributed by atoms with E-state index in [1.54, 1.807) is 21.9 Å². The number of carbonyl (C=O) groups is 2. The van der Waals surface area contributed by atoms with E-state index in [0.29, 0.717) is 18.7 Å². The highest BCUT2D eigenvalue weighted by molar-refractivity contribution is 6.01. The van der Waals surface area contributed by atoms with Crippen molar-refractivity contribution in [2.45, 2.75) is 31.2 Å². The predicted molar refractivity (Wildman–Crippen MR) is 114 cm³/mol. The highest BCUT2D eigenvalue weighted by atomic mass is 19.1. The van der Waals surface area contributed by atoms with Crippen molar-refractivity contribution in [1.29, 1.82) is 0 Å². The molecule has 0 bridgehead atoms. The Balaban J connectivity index is 1.38. The minimum absolute atomic E-state index is 0.155. The molecule has 0 radical (unpaired) electrons. The van der Waals surface area contributed by atoms with Crippen molar-refractivity contribution >= 4 is 29.0 Å². The van der Waals surface area contributed by atoms with Gasteiger partial charge in [0, 0.05) is 30.2 Å². The molecule has 8 heteroatoms. The molecule has 3 N–H and O–H groups in total. The smallest absolute Gasteiger partial charge is 0.319 e. The lowest BCUT2D eigenvalue weighted by Gasteiger charge is -2.33. The zero-order valence-electron chi connectivity index (χ0n) is 16.5. The van der Waals surface area contributed by atoms with Gasteiger partial charge < -0.3 is 25.5 Å². The molecule has 0 spiro atoms. The maximum absolute atomic E-state index is 13.6. The maximum atomic E-state index is 13.6. The summed E-state index contributed by atoms with van der Waals surface area (Å²) in [5, 5.41) is 15.1. The van der Waals surface area contributed by atoms with Gasteiger partial charge in [-0.25, -0.2) is 9.18 Å². The van der Waals surface area contributed by atoms with Crippen molar-refractivity contribution in [2.75, 3.05) is 34.8 Å². The van der Waals surface area contributed by atoms with Crippen LogP contribution in [-0.2, 0) is 4.79 Å². The number of hydrogen-bond acceptors (Lipinski definition) is 4. The fourth-order valence-electron chi connectivity index (χ4n) is 3.91. The Labute approximate surface area is 174 Å². The summed E-state index contributed by atoms with van der Waals surface area (Å²) in [6.45, 7) is 0.989. The summed E-state index contributed by atoms with van der Waals surface area (Å²) >= 11 is 0. The number of nitrogens with zero attached hydrogens (tertiary/aromatic N) is 2. The molecule has 2 heterocycles. The zero-order chi connectivity index (χ0) is 21.1. The highest BCUT2D eigenvalue weighted by Crippen LogP contribution is 2.27. The summed E-state index contributed by atoms with van der Waals surface area (Å²) in [5.41, 5.74) is 2.20. The van der Waals surface area contributed by atoms with Gasteiger partial charge >= 0.3 is 6.03 Å². The van der Waals surface area contributed by atoms with Gasteiger partial charge in [-0.3, -0.25) is 4.79 Å². The molecule has 2 aliphatic rings. The summed E-state index contributed by atoms with van der Waals surface area (Å²) in [7, 11) is 0. The van der Waals surface area contributed by atoms with Crippen LogP contribution in [0.5, 0.6) is 0 Å². The zero-order valence-corrected chi connectivity index (χ0v) is 16.5. The lowest BCUT2D eigenvalue weighted by molar-refractivity contribution is -0.121. The van der Waals surface area contributed by atoms with Crippen LogP contribution in [0.25, 0.3) is 0 Å². The third-order valence-corrected chi connectivity index (χ3v) is 5.52. The van der Waals surface area contributed by atoms with E-state index in [1.165, 1.54) is 0 Å². The molecular weight excluding hydrogens is 387 g/mol. The van der Waals surface area contributed by atoms with Gasteiger partial charge in [0.25, 0.3) is 0 Å². The monoisotopic (exact) mass is 412 g/mol. The molecule has 2 unspecified atom stereocenters. The Morgan fingerprint density at radius 2 is 1.73 bits per heavy atom. The molecule has 2 saturated heterocycles. The molecular formula is C22H25FN4O3. The molecule has 0 saturated carbocycles. The minimum Gasteiger partial charge on any atom is -0.388 e. The van der Waals surface area contributed by atoms with Crippen LogP contribution in [0.15, 0.2) is 54.6 Å². The van der Waals surface area contributed by atoms with E-state index >= 15 is 0 Å². The molecule has 2 aromatic carbocycles. The van der Waals surface area contributed by atoms with Crippen LogP contribution in [0.2, 0.25) is 0 Å². The second-order valence-corrected chi connectivity index (χ2v) is 7.65. The number of hydrogen-bond donors (Lipinski definition) is 3. The first kappa shape index (κ1) is 20.2. The average molecular weight is 412 g/mol.